The summed E-state index contributed by atoms with van der Waals surface area (Å²) in [7, 11) is -3.56. The van der Waals surface area contributed by atoms with Gasteiger partial charge in [-0.3, -0.25) is 4.90 Å². The van der Waals surface area contributed by atoms with Crippen molar-refractivity contribution in [2.24, 2.45) is 0 Å². The second-order valence-corrected chi connectivity index (χ2v) is 12.2. The van der Waals surface area contributed by atoms with Gasteiger partial charge in [0.1, 0.15) is 0 Å². The number of benzene rings is 2. The number of rotatable bonds is 10. The molecule has 2 aliphatic rings. The van der Waals surface area contributed by atoms with Crippen molar-refractivity contribution in [2.75, 3.05) is 39.3 Å². The van der Waals surface area contributed by atoms with Crippen molar-refractivity contribution < 1.29 is 17.7 Å². The Morgan fingerprint density at radius 1 is 0.921 bits per heavy atom. The number of aromatic nitrogens is 2. The second-order valence-electron chi connectivity index (χ2n) is 10.4. The zero-order valence-corrected chi connectivity index (χ0v) is 23.0. The van der Waals surface area contributed by atoms with E-state index in [4.69, 9.17) is 9.26 Å². The molecule has 0 spiro atoms. The van der Waals surface area contributed by atoms with Crippen molar-refractivity contribution in [3.05, 3.63) is 54.1 Å². The van der Waals surface area contributed by atoms with Gasteiger partial charge in [-0.15, -0.1) is 0 Å². The minimum Gasteiger partial charge on any atom is -0.373 e. The van der Waals surface area contributed by atoms with E-state index >= 15 is 0 Å². The molecule has 0 saturated carbocycles. The summed E-state index contributed by atoms with van der Waals surface area (Å²) in [6, 6.07) is 14.7. The summed E-state index contributed by atoms with van der Waals surface area (Å²) in [5, 5.41) is 4.13. The van der Waals surface area contributed by atoms with Crippen molar-refractivity contribution >= 4 is 10.0 Å². The molecule has 9 nitrogen and oxygen atoms in total. The van der Waals surface area contributed by atoms with E-state index in [0.717, 1.165) is 51.3 Å². The number of ether oxygens (including phenoxy) is 1. The lowest BCUT2D eigenvalue weighted by molar-refractivity contribution is -0.0704. The van der Waals surface area contributed by atoms with Crippen LogP contribution in [-0.2, 0) is 21.3 Å². The predicted molar refractivity (Wildman–Crippen MR) is 146 cm³/mol. The number of nitrogens with one attached hydrogen (secondary N) is 1. The number of hydrogen-bond acceptors (Lipinski definition) is 8. The van der Waals surface area contributed by atoms with Crippen LogP contribution in [0.2, 0.25) is 0 Å². The Kier molecular flexibility index (Phi) is 8.54. The van der Waals surface area contributed by atoms with Gasteiger partial charge in [0.05, 0.1) is 17.1 Å². The molecule has 5 rings (SSSR count). The molecule has 0 aliphatic carbocycles. The molecule has 38 heavy (non-hydrogen) atoms. The second kappa shape index (κ2) is 12.0. The van der Waals surface area contributed by atoms with Crippen LogP contribution >= 0.6 is 0 Å². The summed E-state index contributed by atoms with van der Waals surface area (Å²) in [5.41, 5.74) is 2.76. The Morgan fingerprint density at radius 3 is 2.26 bits per heavy atom. The first-order valence-electron chi connectivity index (χ1n) is 13.5. The fourth-order valence-corrected chi connectivity index (χ4v) is 6.34. The highest BCUT2D eigenvalue weighted by molar-refractivity contribution is 7.89. The van der Waals surface area contributed by atoms with Crippen LogP contribution in [0.4, 0.5) is 0 Å². The minimum atomic E-state index is -3.56. The lowest BCUT2D eigenvalue weighted by Crippen LogP contribution is -2.44. The third-order valence-electron chi connectivity index (χ3n) is 7.09. The third-order valence-corrected chi connectivity index (χ3v) is 8.57. The van der Waals surface area contributed by atoms with Gasteiger partial charge >= 0.3 is 0 Å². The first-order chi connectivity index (χ1) is 18.4. The Hall–Kier alpha value is -2.63. The fraction of sp³-hybridized carbons (Fsp3) is 0.500. The van der Waals surface area contributed by atoms with E-state index in [1.165, 1.54) is 18.4 Å². The van der Waals surface area contributed by atoms with Crippen LogP contribution in [-0.4, -0.2) is 79.8 Å². The molecule has 2 aromatic carbocycles. The molecule has 0 radical (unpaired) electrons. The standard InChI is InChI=1S/C28H37N5O4S/c1-21-18-33(19-22(2)36-21)20-23-6-8-24(9-7-23)27-30-28(37-31-27)25-10-12-26(13-11-25)38(34,35)29-14-5-17-32-15-3-4-16-32/h6-13,21-22,29H,3-5,14-20H2,1-2H3. The van der Waals surface area contributed by atoms with Crippen molar-refractivity contribution in [1.82, 2.24) is 24.7 Å². The molecule has 2 aliphatic heterocycles. The molecule has 10 heteroatoms. The first kappa shape index (κ1) is 27.0. The quantitative estimate of drug-likeness (QED) is 0.389. The number of sulfonamides is 1. The topological polar surface area (TPSA) is 101 Å². The van der Waals surface area contributed by atoms with Crippen molar-refractivity contribution in [3.8, 4) is 22.8 Å². The summed E-state index contributed by atoms with van der Waals surface area (Å²) < 4.78 is 39.3. The van der Waals surface area contributed by atoms with Crippen LogP contribution in [0.1, 0.15) is 38.7 Å². The molecule has 2 saturated heterocycles. The highest BCUT2D eigenvalue weighted by Crippen LogP contribution is 2.24. The monoisotopic (exact) mass is 539 g/mol. The molecule has 2 fully saturated rings. The normalized spacial score (nSPS) is 21.2. The van der Waals surface area contributed by atoms with Gasteiger partial charge in [-0.2, -0.15) is 4.98 Å². The van der Waals surface area contributed by atoms with E-state index in [1.54, 1.807) is 24.3 Å². The predicted octanol–water partition coefficient (Wildman–Crippen LogP) is 3.78. The molecule has 0 amide bonds. The molecule has 2 atom stereocenters. The van der Waals surface area contributed by atoms with Gasteiger partial charge in [0.15, 0.2) is 0 Å². The summed E-state index contributed by atoms with van der Waals surface area (Å²) in [6.07, 6.45) is 3.76. The average Bonchev–Trinajstić information content (AvgIpc) is 3.60. The zero-order valence-electron chi connectivity index (χ0n) is 22.2. The van der Waals surface area contributed by atoms with Gasteiger partial charge in [0, 0.05) is 37.3 Å². The van der Waals surface area contributed by atoms with E-state index < -0.39 is 10.0 Å². The van der Waals surface area contributed by atoms with Gasteiger partial charge in [0.25, 0.3) is 5.89 Å². The Morgan fingerprint density at radius 2 is 1.58 bits per heavy atom. The maximum Gasteiger partial charge on any atom is 0.258 e. The summed E-state index contributed by atoms with van der Waals surface area (Å²) >= 11 is 0. The van der Waals surface area contributed by atoms with Gasteiger partial charge in [0.2, 0.25) is 15.8 Å². The highest BCUT2D eigenvalue weighted by atomic mass is 32.2. The molecule has 1 aromatic heterocycles. The summed E-state index contributed by atoms with van der Waals surface area (Å²) in [5.74, 6) is 0.847. The molecule has 0 bridgehead atoms. The maximum absolute atomic E-state index is 12.7. The van der Waals surface area contributed by atoms with Gasteiger partial charge in [-0.25, -0.2) is 13.1 Å². The first-order valence-corrected chi connectivity index (χ1v) is 15.0. The zero-order chi connectivity index (χ0) is 26.5. The Labute approximate surface area is 225 Å². The SMILES string of the molecule is CC1CN(Cc2ccc(-c3noc(-c4ccc(S(=O)(=O)NCCCN5CCCC5)cc4)n3)cc2)CC(C)O1. The minimum absolute atomic E-state index is 0.224. The number of nitrogens with zero attached hydrogens (tertiary/aromatic N) is 4. The van der Waals surface area contributed by atoms with Crippen LogP contribution in [0.5, 0.6) is 0 Å². The number of hydrogen-bond donors (Lipinski definition) is 1. The van der Waals surface area contributed by atoms with Crippen molar-refractivity contribution in [1.29, 1.82) is 0 Å². The van der Waals surface area contributed by atoms with Crippen molar-refractivity contribution in [3.63, 3.8) is 0 Å². The molecular weight excluding hydrogens is 502 g/mol. The summed E-state index contributed by atoms with van der Waals surface area (Å²) in [4.78, 5) is 9.54. The van der Waals surface area contributed by atoms with E-state index in [9.17, 15) is 8.42 Å². The van der Waals surface area contributed by atoms with Gasteiger partial charge < -0.3 is 14.2 Å². The lowest BCUT2D eigenvalue weighted by Gasteiger charge is -2.35. The van der Waals surface area contributed by atoms with E-state index in [2.05, 4.69) is 50.6 Å². The Balaban J connectivity index is 1.16. The van der Waals surface area contributed by atoms with E-state index in [0.29, 0.717) is 23.8 Å². The van der Waals surface area contributed by atoms with E-state index in [-0.39, 0.29) is 17.1 Å². The van der Waals surface area contributed by atoms with Crippen LogP contribution in [0.3, 0.4) is 0 Å². The number of likely N-dealkylation sites (tertiary alicyclic amines) is 1. The maximum atomic E-state index is 12.7. The van der Waals surface area contributed by atoms with Gasteiger partial charge in [-0.05, 0) is 82.6 Å². The van der Waals surface area contributed by atoms with Crippen LogP contribution in [0.15, 0.2) is 57.9 Å². The fourth-order valence-electron chi connectivity index (χ4n) is 5.26. The molecule has 1 N–H and O–H groups in total. The van der Waals surface area contributed by atoms with Crippen LogP contribution in [0.25, 0.3) is 22.8 Å². The van der Waals surface area contributed by atoms with Crippen LogP contribution in [0, 0.1) is 0 Å². The molecule has 2 unspecified atom stereocenters. The van der Waals surface area contributed by atoms with E-state index in [1.807, 2.05) is 12.1 Å². The van der Waals surface area contributed by atoms with Crippen LogP contribution < -0.4 is 4.72 Å². The third kappa shape index (κ3) is 6.86. The molecule has 3 heterocycles. The Bertz CT molecular complexity index is 1280. The molecule has 204 valence electrons. The molecule has 3 aromatic rings. The highest BCUT2D eigenvalue weighted by Gasteiger charge is 2.22. The summed E-state index contributed by atoms with van der Waals surface area (Å²) in [6.45, 7) is 10.5. The lowest BCUT2D eigenvalue weighted by atomic mass is 10.1. The van der Waals surface area contributed by atoms with Gasteiger partial charge in [-0.1, -0.05) is 29.4 Å². The molecular formula is C28H37N5O4S. The van der Waals surface area contributed by atoms with Crippen molar-refractivity contribution in [2.45, 2.75) is 56.8 Å². The number of morpholine rings is 1. The largest absolute Gasteiger partial charge is 0.373 e. The average molecular weight is 540 g/mol. The smallest absolute Gasteiger partial charge is 0.258 e.